The molecule has 3 heteroatoms. The maximum atomic E-state index is 11.4. The molecule has 0 fully saturated rings. The Labute approximate surface area is 89.1 Å². The van der Waals surface area contributed by atoms with E-state index in [1.165, 1.54) is 0 Å². The molecule has 15 heavy (non-hydrogen) atoms. The molecular formula is C12H14O3. The van der Waals surface area contributed by atoms with Crippen molar-refractivity contribution >= 4 is 11.9 Å². The summed E-state index contributed by atoms with van der Waals surface area (Å²) < 4.78 is 4.66. The molecule has 80 valence electrons. The van der Waals surface area contributed by atoms with E-state index in [1.54, 1.807) is 30.3 Å². The lowest BCUT2D eigenvalue weighted by Crippen LogP contribution is -2.12. The fourth-order valence-electron chi connectivity index (χ4n) is 1.11. The molecule has 0 aromatic heterocycles. The quantitative estimate of drug-likeness (QED) is 0.561. The van der Waals surface area contributed by atoms with Crippen molar-refractivity contribution in [1.29, 1.82) is 0 Å². The Morgan fingerprint density at radius 3 is 2.47 bits per heavy atom. The van der Waals surface area contributed by atoms with Gasteiger partial charge >= 0.3 is 11.9 Å². The van der Waals surface area contributed by atoms with E-state index in [2.05, 4.69) is 4.74 Å². The third-order valence-electron chi connectivity index (χ3n) is 1.95. The lowest BCUT2D eigenvalue weighted by molar-refractivity contribution is -0.138. The van der Waals surface area contributed by atoms with Crippen LogP contribution in [0.4, 0.5) is 0 Å². The van der Waals surface area contributed by atoms with E-state index >= 15 is 0 Å². The predicted octanol–water partition coefficient (Wildman–Crippen LogP) is 2.56. The van der Waals surface area contributed by atoms with Crippen LogP contribution in [0.2, 0.25) is 0 Å². The molecule has 0 aliphatic rings. The van der Waals surface area contributed by atoms with E-state index in [0.717, 1.165) is 12.8 Å². The van der Waals surface area contributed by atoms with Crippen LogP contribution in [0, 0.1) is 0 Å². The van der Waals surface area contributed by atoms with Crippen molar-refractivity contribution in [2.24, 2.45) is 0 Å². The molecule has 0 heterocycles. The topological polar surface area (TPSA) is 43.4 Å². The molecule has 0 unspecified atom stereocenters. The Morgan fingerprint density at radius 1 is 1.20 bits per heavy atom. The largest absolute Gasteiger partial charge is 0.389 e. The van der Waals surface area contributed by atoms with Crippen LogP contribution in [-0.4, -0.2) is 11.9 Å². The molecule has 1 rings (SSSR count). The van der Waals surface area contributed by atoms with Crippen LogP contribution in [0.25, 0.3) is 0 Å². The fraction of sp³-hybridized carbons (Fsp3) is 0.333. The van der Waals surface area contributed by atoms with Crippen LogP contribution >= 0.6 is 0 Å². The summed E-state index contributed by atoms with van der Waals surface area (Å²) in [6.07, 6.45) is 1.96. The highest BCUT2D eigenvalue weighted by atomic mass is 16.6. The fourth-order valence-corrected chi connectivity index (χ4v) is 1.11. The van der Waals surface area contributed by atoms with Gasteiger partial charge in [0.05, 0.1) is 5.56 Å². The van der Waals surface area contributed by atoms with Crippen LogP contribution < -0.4 is 0 Å². The number of carbonyl (C=O) groups is 2. The highest BCUT2D eigenvalue weighted by molar-refractivity contribution is 5.96. The highest BCUT2D eigenvalue weighted by Gasteiger charge is 2.11. The van der Waals surface area contributed by atoms with E-state index in [0.29, 0.717) is 12.0 Å². The van der Waals surface area contributed by atoms with E-state index in [1.807, 2.05) is 6.92 Å². The van der Waals surface area contributed by atoms with Crippen molar-refractivity contribution in [2.75, 3.05) is 0 Å². The summed E-state index contributed by atoms with van der Waals surface area (Å²) in [5.41, 5.74) is 0.405. The van der Waals surface area contributed by atoms with Gasteiger partial charge in [0.2, 0.25) is 0 Å². The number of rotatable bonds is 4. The zero-order valence-corrected chi connectivity index (χ0v) is 8.73. The van der Waals surface area contributed by atoms with E-state index in [9.17, 15) is 9.59 Å². The van der Waals surface area contributed by atoms with E-state index in [-0.39, 0.29) is 0 Å². The SMILES string of the molecule is CCCCC(=O)OC(=O)c1ccccc1. The zero-order chi connectivity index (χ0) is 11.1. The average molecular weight is 206 g/mol. The van der Waals surface area contributed by atoms with Gasteiger partial charge in [0, 0.05) is 6.42 Å². The van der Waals surface area contributed by atoms with E-state index < -0.39 is 11.9 Å². The minimum Gasteiger partial charge on any atom is -0.389 e. The third-order valence-corrected chi connectivity index (χ3v) is 1.95. The summed E-state index contributed by atoms with van der Waals surface area (Å²) in [5, 5.41) is 0. The number of ether oxygens (including phenoxy) is 1. The number of esters is 2. The van der Waals surface area contributed by atoms with Gasteiger partial charge in [-0.1, -0.05) is 31.5 Å². The summed E-state index contributed by atoms with van der Waals surface area (Å²) in [7, 11) is 0. The summed E-state index contributed by atoms with van der Waals surface area (Å²) >= 11 is 0. The monoisotopic (exact) mass is 206 g/mol. The minimum atomic E-state index is -0.572. The molecule has 0 aliphatic heterocycles. The number of unbranched alkanes of at least 4 members (excludes halogenated alkanes) is 1. The number of hydrogen-bond donors (Lipinski definition) is 0. The first kappa shape index (κ1) is 11.4. The Kier molecular flexibility index (Phi) is 4.54. The van der Waals surface area contributed by atoms with Crippen LogP contribution in [-0.2, 0) is 9.53 Å². The van der Waals surface area contributed by atoms with Crippen LogP contribution in [0.3, 0.4) is 0 Å². The number of hydrogen-bond acceptors (Lipinski definition) is 3. The van der Waals surface area contributed by atoms with E-state index in [4.69, 9.17) is 0 Å². The first-order valence-corrected chi connectivity index (χ1v) is 5.04. The summed E-state index contributed by atoms with van der Waals surface area (Å²) in [6, 6.07) is 8.50. The molecule has 0 saturated carbocycles. The Bertz CT molecular complexity index is 330. The summed E-state index contributed by atoms with van der Waals surface area (Å²) in [4.78, 5) is 22.5. The van der Waals surface area contributed by atoms with Gasteiger partial charge in [-0.15, -0.1) is 0 Å². The van der Waals surface area contributed by atoms with Gasteiger partial charge in [-0.3, -0.25) is 4.79 Å². The lowest BCUT2D eigenvalue weighted by Gasteiger charge is -2.01. The molecule has 0 radical (unpaired) electrons. The van der Waals surface area contributed by atoms with Gasteiger partial charge in [-0.2, -0.15) is 0 Å². The molecule has 0 atom stereocenters. The molecule has 0 aliphatic carbocycles. The predicted molar refractivity (Wildman–Crippen MR) is 56.4 cm³/mol. The Hall–Kier alpha value is -1.64. The van der Waals surface area contributed by atoms with Crippen LogP contribution in [0.15, 0.2) is 30.3 Å². The second kappa shape index (κ2) is 5.96. The normalized spacial score (nSPS) is 9.67. The molecule has 0 bridgehead atoms. The molecule has 1 aromatic rings. The highest BCUT2D eigenvalue weighted by Crippen LogP contribution is 2.03. The average Bonchev–Trinajstić information content (AvgIpc) is 2.27. The minimum absolute atomic E-state index is 0.301. The van der Waals surface area contributed by atoms with Crippen molar-refractivity contribution < 1.29 is 14.3 Å². The zero-order valence-electron chi connectivity index (χ0n) is 8.73. The summed E-state index contributed by atoms with van der Waals surface area (Å²) in [5.74, 6) is -1.03. The maximum Gasteiger partial charge on any atom is 0.345 e. The Morgan fingerprint density at radius 2 is 1.87 bits per heavy atom. The standard InChI is InChI=1S/C12H14O3/c1-2-3-9-11(13)15-12(14)10-7-5-4-6-8-10/h4-8H,2-3,9H2,1H3. The third kappa shape index (κ3) is 3.94. The molecule has 0 N–H and O–H groups in total. The van der Waals surface area contributed by atoms with Crippen molar-refractivity contribution in [3.63, 3.8) is 0 Å². The Balaban J connectivity index is 2.46. The molecule has 0 amide bonds. The molecular weight excluding hydrogens is 192 g/mol. The van der Waals surface area contributed by atoms with Gasteiger partial charge in [-0.25, -0.2) is 4.79 Å². The van der Waals surface area contributed by atoms with Crippen LogP contribution in [0.1, 0.15) is 36.5 Å². The smallest absolute Gasteiger partial charge is 0.345 e. The van der Waals surface area contributed by atoms with Gasteiger partial charge in [0.25, 0.3) is 0 Å². The lowest BCUT2D eigenvalue weighted by atomic mass is 10.2. The first-order valence-electron chi connectivity index (χ1n) is 5.04. The van der Waals surface area contributed by atoms with Gasteiger partial charge in [-0.05, 0) is 18.6 Å². The second-order valence-corrected chi connectivity index (χ2v) is 3.23. The number of carbonyl (C=O) groups excluding carboxylic acids is 2. The molecule has 3 nitrogen and oxygen atoms in total. The van der Waals surface area contributed by atoms with Gasteiger partial charge in [0.1, 0.15) is 0 Å². The molecule has 0 spiro atoms. The summed E-state index contributed by atoms with van der Waals surface area (Å²) in [6.45, 7) is 1.98. The number of benzene rings is 1. The molecule has 1 aromatic carbocycles. The van der Waals surface area contributed by atoms with Crippen molar-refractivity contribution in [1.82, 2.24) is 0 Å². The van der Waals surface area contributed by atoms with Crippen LogP contribution in [0.5, 0.6) is 0 Å². The maximum absolute atomic E-state index is 11.4. The first-order chi connectivity index (χ1) is 7.24. The van der Waals surface area contributed by atoms with Crippen molar-refractivity contribution in [3.8, 4) is 0 Å². The van der Waals surface area contributed by atoms with Gasteiger partial charge < -0.3 is 4.74 Å². The van der Waals surface area contributed by atoms with Gasteiger partial charge in [0.15, 0.2) is 0 Å². The molecule has 0 saturated heterocycles. The van der Waals surface area contributed by atoms with Crippen molar-refractivity contribution in [2.45, 2.75) is 26.2 Å². The van der Waals surface area contributed by atoms with Crippen molar-refractivity contribution in [3.05, 3.63) is 35.9 Å². The second-order valence-electron chi connectivity index (χ2n) is 3.23.